The van der Waals surface area contributed by atoms with E-state index in [-0.39, 0.29) is 0 Å². The first-order chi connectivity index (χ1) is 11.7. The van der Waals surface area contributed by atoms with E-state index in [2.05, 4.69) is 30.8 Å². The summed E-state index contributed by atoms with van der Waals surface area (Å²) in [4.78, 5) is 6.89. The largest absolute Gasteiger partial charge is 0.497 e. The van der Waals surface area contributed by atoms with Crippen molar-refractivity contribution in [2.45, 2.75) is 26.2 Å². The Morgan fingerprint density at radius 3 is 2.75 bits per heavy atom. The minimum absolute atomic E-state index is 0.692. The van der Waals surface area contributed by atoms with E-state index >= 15 is 0 Å². The van der Waals surface area contributed by atoms with Crippen molar-refractivity contribution in [3.63, 3.8) is 0 Å². The first-order valence-corrected chi connectivity index (χ1v) is 8.47. The van der Waals surface area contributed by atoms with Gasteiger partial charge in [0.2, 0.25) is 0 Å². The average Bonchev–Trinajstić information content (AvgIpc) is 2.60. The molecule has 0 aromatic heterocycles. The second-order valence-electron chi connectivity index (χ2n) is 5.52. The maximum atomic E-state index is 5.42. The third-order valence-corrected chi connectivity index (χ3v) is 3.73. The number of methoxy groups -OCH3 is 2. The number of guanidine groups is 1. The van der Waals surface area contributed by atoms with Gasteiger partial charge >= 0.3 is 0 Å². The van der Waals surface area contributed by atoms with Gasteiger partial charge in [-0.1, -0.05) is 6.08 Å². The molecular weight excluding hydrogens is 302 g/mol. The molecule has 0 radical (unpaired) electrons. The van der Waals surface area contributed by atoms with E-state index in [0.29, 0.717) is 6.54 Å². The van der Waals surface area contributed by atoms with Gasteiger partial charge in [-0.25, -0.2) is 0 Å². The second kappa shape index (κ2) is 11.4. The number of unbranched alkanes of at least 4 members (excludes halogenated alkanes) is 1. The van der Waals surface area contributed by atoms with Crippen molar-refractivity contribution in [2.24, 2.45) is 4.99 Å². The van der Waals surface area contributed by atoms with Crippen LogP contribution >= 0.6 is 0 Å². The van der Waals surface area contributed by atoms with Gasteiger partial charge in [-0.3, -0.25) is 4.99 Å². The maximum Gasteiger partial charge on any atom is 0.193 e. The number of benzene rings is 1. The molecular formula is C19H31N3O2. The SMILES string of the molecule is C=CCCCN(C)C(=NCCc1cc(OC)ccc1OC)NCC. The minimum atomic E-state index is 0.692. The van der Waals surface area contributed by atoms with Crippen LogP contribution in [0, 0.1) is 0 Å². The molecule has 134 valence electrons. The van der Waals surface area contributed by atoms with Crippen LogP contribution in [0.4, 0.5) is 0 Å². The third-order valence-electron chi connectivity index (χ3n) is 3.73. The van der Waals surface area contributed by atoms with Crippen molar-refractivity contribution in [1.29, 1.82) is 0 Å². The first-order valence-electron chi connectivity index (χ1n) is 8.47. The number of hydrogen-bond donors (Lipinski definition) is 1. The van der Waals surface area contributed by atoms with Crippen LogP contribution in [0.3, 0.4) is 0 Å². The Bertz CT molecular complexity index is 529. The van der Waals surface area contributed by atoms with Crippen LogP contribution in [-0.4, -0.2) is 51.8 Å². The zero-order valence-electron chi connectivity index (χ0n) is 15.5. The zero-order valence-corrected chi connectivity index (χ0v) is 15.5. The van der Waals surface area contributed by atoms with Crippen molar-refractivity contribution in [1.82, 2.24) is 10.2 Å². The molecule has 0 atom stereocenters. The molecule has 0 saturated carbocycles. The van der Waals surface area contributed by atoms with Crippen LogP contribution in [0.15, 0.2) is 35.8 Å². The van der Waals surface area contributed by atoms with E-state index in [1.165, 1.54) is 0 Å². The van der Waals surface area contributed by atoms with Gasteiger partial charge in [0.1, 0.15) is 11.5 Å². The van der Waals surface area contributed by atoms with E-state index < -0.39 is 0 Å². The molecule has 1 rings (SSSR count). The lowest BCUT2D eigenvalue weighted by Gasteiger charge is -2.21. The Balaban J connectivity index is 2.71. The summed E-state index contributed by atoms with van der Waals surface area (Å²) in [6, 6.07) is 5.85. The van der Waals surface area contributed by atoms with Crippen LogP contribution in [0.1, 0.15) is 25.3 Å². The number of allylic oxidation sites excluding steroid dienone is 1. The van der Waals surface area contributed by atoms with Crippen LogP contribution in [0.25, 0.3) is 0 Å². The highest BCUT2D eigenvalue weighted by atomic mass is 16.5. The number of aliphatic imine (C=N–C) groups is 1. The number of rotatable bonds is 10. The Morgan fingerprint density at radius 2 is 2.12 bits per heavy atom. The van der Waals surface area contributed by atoms with Gasteiger partial charge in [-0.15, -0.1) is 6.58 Å². The summed E-state index contributed by atoms with van der Waals surface area (Å²) in [5, 5.41) is 3.34. The van der Waals surface area contributed by atoms with Gasteiger partial charge in [0.25, 0.3) is 0 Å². The molecule has 1 aromatic rings. The Kier molecular flexibility index (Phi) is 9.42. The fraction of sp³-hybridized carbons (Fsp3) is 0.526. The standard InChI is InChI=1S/C19H31N3O2/c1-6-8-9-14-22(3)19(20-7-2)21-13-12-16-15-17(23-4)10-11-18(16)24-5/h6,10-11,15H,1,7-9,12-14H2,2-5H3,(H,20,21). The number of nitrogens with zero attached hydrogens (tertiary/aromatic N) is 2. The van der Waals surface area contributed by atoms with E-state index in [1.807, 2.05) is 24.3 Å². The molecule has 0 aliphatic heterocycles. The summed E-state index contributed by atoms with van der Waals surface area (Å²) in [7, 11) is 5.42. The molecule has 0 amide bonds. The highest BCUT2D eigenvalue weighted by Crippen LogP contribution is 2.24. The summed E-state index contributed by atoms with van der Waals surface area (Å²) in [5.74, 6) is 2.64. The summed E-state index contributed by atoms with van der Waals surface area (Å²) in [6.45, 7) is 8.35. The van der Waals surface area contributed by atoms with Crippen molar-refractivity contribution >= 4 is 5.96 Å². The predicted molar refractivity (Wildman–Crippen MR) is 101 cm³/mol. The zero-order chi connectivity index (χ0) is 17.8. The third kappa shape index (κ3) is 6.52. The van der Waals surface area contributed by atoms with Crippen LogP contribution in [0.5, 0.6) is 11.5 Å². The van der Waals surface area contributed by atoms with Crippen LogP contribution < -0.4 is 14.8 Å². The number of hydrogen-bond acceptors (Lipinski definition) is 3. The molecule has 0 saturated heterocycles. The Morgan fingerprint density at radius 1 is 1.33 bits per heavy atom. The molecule has 1 N–H and O–H groups in total. The Labute approximate surface area is 146 Å². The smallest absolute Gasteiger partial charge is 0.193 e. The topological polar surface area (TPSA) is 46.1 Å². The van der Waals surface area contributed by atoms with E-state index in [1.54, 1.807) is 14.2 Å². The molecule has 5 heteroatoms. The molecule has 0 spiro atoms. The highest BCUT2D eigenvalue weighted by molar-refractivity contribution is 5.79. The van der Waals surface area contributed by atoms with Crippen LogP contribution in [-0.2, 0) is 6.42 Å². The maximum absolute atomic E-state index is 5.42. The number of ether oxygens (including phenoxy) is 2. The lowest BCUT2D eigenvalue weighted by molar-refractivity contribution is 0.398. The van der Waals surface area contributed by atoms with E-state index in [0.717, 1.165) is 55.4 Å². The molecule has 5 nitrogen and oxygen atoms in total. The highest BCUT2D eigenvalue weighted by Gasteiger charge is 2.07. The van der Waals surface area contributed by atoms with Crippen molar-refractivity contribution in [2.75, 3.05) is 40.9 Å². The van der Waals surface area contributed by atoms with Gasteiger partial charge < -0.3 is 19.7 Å². The lowest BCUT2D eigenvalue weighted by atomic mass is 10.1. The summed E-state index contributed by atoms with van der Waals surface area (Å²) >= 11 is 0. The minimum Gasteiger partial charge on any atom is -0.497 e. The first kappa shape index (κ1) is 19.9. The summed E-state index contributed by atoms with van der Waals surface area (Å²) < 4.78 is 10.7. The van der Waals surface area contributed by atoms with Crippen molar-refractivity contribution in [3.05, 3.63) is 36.4 Å². The molecule has 0 bridgehead atoms. The fourth-order valence-corrected chi connectivity index (χ4v) is 2.41. The van der Waals surface area contributed by atoms with Gasteiger partial charge in [0, 0.05) is 26.7 Å². The van der Waals surface area contributed by atoms with Gasteiger partial charge in [0.15, 0.2) is 5.96 Å². The van der Waals surface area contributed by atoms with Gasteiger partial charge in [-0.05, 0) is 49.9 Å². The number of nitrogens with one attached hydrogen (secondary N) is 1. The fourth-order valence-electron chi connectivity index (χ4n) is 2.41. The molecule has 0 heterocycles. The predicted octanol–water partition coefficient (Wildman–Crippen LogP) is 3.11. The molecule has 0 aliphatic carbocycles. The van der Waals surface area contributed by atoms with Crippen LogP contribution in [0.2, 0.25) is 0 Å². The average molecular weight is 333 g/mol. The molecule has 1 aromatic carbocycles. The van der Waals surface area contributed by atoms with E-state index in [9.17, 15) is 0 Å². The quantitative estimate of drug-likeness (QED) is 0.309. The summed E-state index contributed by atoms with van der Waals surface area (Å²) in [6.07, 6.45) is 4.85. The normalized spacial score (nSPS) is 11.1. The monoisotopic (exact) mass is 333 g/mol. The van der Waals surface area contributed by atoms with Crippen molar-refractivity contribution in [3.8, 4) is 11.5 Å². The molecule has 0 unspecified atom stereocenters. The molecule has 0 aliphatic rings. The van der Waals surface area contributed by atoms with Crippen molar-refractivity contribution < 1.29 is 9.47 Å². The molecule has 24 heavy (non-hydrogen) atoms. The molecule has 0 fully saturated rings. The summed E-state index contributed by atoms with van der Waals surface area (Å²) in [5.41, 5.74) is 1.10. The lowest BCUT2D eigenvalue weighted by Crippen LogP contribution is -2.39. The van der Waals surface area contributed by atoms with E-state index in [4.69, 9.17) is 14.5 Å². The van der Waals surface area contributed by atoms with Gasteiger partial charge in [-0.2, -0.15) is 0 Å². The second-order valence-corrected chi connectivity index (χ2v) is 5.52. The van der Waals surface area contributed by atoms with Gasteiger partial charge in [0.05, 0.1) is 14.2 Å². The Hall–Kier alpha value is -2.17.